The second kappa shape index (κ2) is 6.88. The Bertz CT molecular complexity index is 807. The minimum atomic E-state index is -0.606. The van der Waals surface area contributed by atoms with Gasteiger partial charge in [0, 0.05) is 23.4 Å². The second-order valence-corrected chi connectivity index (χ2v) is 5.26. The predicted octanol–water partition coefficient (Wildman–Crippen LogP) is 2.41. The molecule has 0 atom stereocenters. The van der Waals surface area contributed by atoms with Crippen molar-refractivity contribution in [3.05, 3.63) is 62.1 Å². The van der Waals surface area contributed by atoms with E-state index in [1.54, 1.807) is 18.2 Å². The maximum absolute atomic E-state index is 11.9. The highest BCUT2D eigenvalue weighted by atomic mass is 79.9. The zero-order chi connectivity index (χ0) is 17.0. The molecular formula is C14H11BrN4O4. The summed E-state index contributed by atoms with van der Waals surface area (Å²) in [5.74, 6) is -0.767. The Morgan fingerprint density at radius 2 is 2.09 bits per heavy atom. The Morgan fingerprint density at radius 3 is 2.74 bits per heavy atom. The molecule has 1 amide bonds. The average molecular weight is 379 g/mol. The van der Waals surface area contributed by atoms with Gasteiger partial charge in [0.05, 0.1) is 21.2 Å². The van der Waals surface area contributed by atoms with E-state index in [1.807, 2.05) is 0 Å². The number of para-hydroxylation sites is 1. The summed E-state index contributed by atoms with van der Waals surface area (Å²) < 4.78 is 0.145. The van der Waals surface area contributed by atoms with Crippen LogP contribution in [-0.4, -0.2) is 22.2 Å². The quantitative estimate of drug-likeness (QED) is 0.325. The number of halogens is 1. The number of carbonyl (C=O) groups is 1. The summed E-state index contributed by atoms with van der Waals surface area (Å²) in [6.07, 6.45) is 1.10. The van der Waals surface area contributed by atoms with Crippen LogP contribution in [-0.2, 0) is 0 Å². The molecule has 118 valence electrons. The number of amides is 1. The van der Waals surface area contributed by atoms with E-state index in [0.717, 1.165) is 18.3 Å². The van der Waals surface area contributed by atoms with Crippen molar-refractivity contribution < 1.29 is 14.8 Å². The number of hydrogen-bond donors (Lipinski definition) is 3. The third-order valence-electron chi connectivity index (χ3n) is 2.86. The van der Waals surface area contributed by atoms with Crippen molar-refractivity contribution in [3.63, 3.8) is 0 Å². The number of nitrogens with one attached hydrogen (secondary N) is 1. The molecule has 4 N–H and O–H groups in total. The molecule has 2 rings (SSSR count). The van der Waals surface area contributed by atoms with Gasteiger partial charge < -0.3 is 10.8 Å². The van der Waals surface area contributed by atoms with Crippen LogP contribution >= 0.6 is 15.9 Å². The van der Waals surface area contributed by atoms with Gasteiger partial charge in [-0.3, -0.25) is 14.9 Å². The molecule has 2 aromatic carbocycles. The molecule has 0 bridgehead atoms. The van der Waals surface area contributed by atoms with Crippen LogP contribution in [0.4, 0.5) is 11.4 Å². The minimum absolute atomic E-state index is 0.0763. The van der Waals surface area contributed by atoms with Crippen LogP contribution < -0.4 is 11.2 Å². The molecule has 0 aliphatic rings. The van der Waals surface area contributed by atoms with Crippen LogP contribution in [0, 0.1) is 10.1 Å². The summed E-state index contributed by atoms with van der Waals surface area (Å²) in [6.45, 7) is 0. The van der Waals surface area contributed by atoms with Gasteiger partial charge in [-0.05, 0) is 28.1 Å². The summed E-state index contributed by atoms with van der Waals surface area (Å²) in [7, 11) is 0. The number of hydrazone groups is 1. The Labute approximate surface area is 138 Å². The number of hydrogen-bond acceptors (Lipinski definition) is 6. The Hall–Kier alpha value is -2.94. The van der Waals surface area contributed by atoms with Crippen LogP contribution in [0.25, 0.3) is 0 Å². The number of aromatic hydroxyl groups is 1. The summed E-state index contributed by atoms with van der Waals surface area (Å²) in [6, 6.07) is 8.73. The van der Waals surface area contributed by atoms with Gasteiger partial charge in [-0.15, -0.1) is 0 Å². The number of nitrogens with zero attached hydrogens (tertiary/aromatic N) is 2. The number of anilines is 1. The maximum Gasteiger partial charge on any atom is 0.273 e. The fraction of sp³-hybridized carbons (Fsp3) is 0. The highest BCUT2D eigenvalue weighted by molar-refractivity contribution is 9.10. The lowest BCUT2D eigenvalue weighted by atomic mass is 10.2. The number of nitro benzene ring substituents is 1. The van der Waals surface area contributed by atoms with Crippen molar-refractivity contribution in [2.75, 3.05) is 5.73 Å². The van der Waals surface area contributed by atoms with Crippen LogP contribution in [0.15, 0.2) is 46.0 Å². The summed E-state index contributed by atoms with van der Waals surface area (Å²) in [4.78, 5) is 22.1. The SMILES string of the molecule is Nc1ccccc1C(=O)N/N=C\c1cc([N+](=O)[O-])cc(Br)c1O. The summed E-state index contributed by atoms with van der Waals surface area (Å²) in [5.41, 5.74) is 8.29. The van der Waals surface area contributed by atoms with Gasteiger partial charge in [0.2, 0.25) is 0 Å². The lowest BCUT2D eigenvalue weighted by Gasteiger charge is -2.04. The highest BCUT2D eigenvalue weighted by Gasteiger charge is 2.14. The van der Waals surface area contributed by atoms with Gasteiger partial charge in [-0.1, -0.05) is 12.1 Å². The molecule has 9 heteroatoms. The van der Waals surface area contributed by atoms with Crippen molar-refractivity contribution in [1.82, 2.24) is 5.43 Å². The van der Waals surface area contributed by atoms with Crippen LogP contribution in [0.1, 0.15) is 15.9 Å². The van der Waals surface area contributed by atoms with Crippen LogP contribution in [0.3, 0.4) is 0 Å². The molecule has 0 radical (unpaired) electrons. The van der Waals surface area contributed by atoms with E-state index in [4.69, 9.17) is 5.73 Å². The first-order valence-corrected chi connectivity index (χ1v) is 7.04. The van der Waals surface area contributed by atoms with Crippen molar-refractivity contribution in [3.8, 4) is 5.75 Å². The molecule has 0 aliphatic carbocycles. The topological polar surface area (TPSA) is 131 Å². The number of carbonyl (C=O) groups excluding carboxylic acids is 1. The fourth-order valence-electron chi connectivity index (χ4n) is 1.73. The number of nitrogens with two attached hydrogens (primary N) is 1. The molecule has 0 fully saturated rings. The predicted molar refractivity (Wildman–Crippen MR) is 88.4 cm³/mol. The largest absolute Gasteiger partial charge is 0.506 e. The lowest BCUT2D eigenvalue weighted by Crippen LogP contribution is -2.19. The molecule has 0 aromatic heterocycles. The molecule has 0 saturated carbocycles. The molecule has 2 aromatic rings. The van der Waals surface area contributed by atoms with E-state index in [-0.39, 0.29) is 27.0 Å². The number of non-ortho nitro benzene ring substituents is 1. The summed E-state index contributed by atoms with van der Waals surface area (Å²) in [5, 5.41) is 24.3. The van der Waals surface area contributed by atoms with Crippen molar-refractivity contribution >= 4 is 39.4 Å². The first kappa shape index (κ1) is 16.4. The zero-order valence-corrected chi connectivity index (χ0v) is 13.1. The van der Waals surface area contributed by atoms with Gasteiger partial charge >= 0.3 is 0 Å². The third-order valence-corrected chi connectivity index (χ3v) is 3.47. The minimum Gasteiger partial charge on any atom is -0.506 e. The molecule has 0 saturated heterocycles. The Morgan fingerprint density at radius 1 is 1.39 bits per heavy atom. The molecular weight excluding hydrogens is 368 g/mol. The van der Waals surface area contributed by atoms with Gasteiger partial charge in [-0.2, -0.15) is 5.10 Å². The number of phenols is 1. The number of nitro groups is 1. The van der Waals surface area contributed by atoms with Crippen molar-refractivity contribution in [2.24, 2.45) is 5.10 Å². The van der Waals surface area contributed by atoms with Gasteiger partial charge in [0.1, 0.15) is 5.75 Å². The van der Waals surface area contributed by atoms with E-state index < -0.39 is 10.8 Å². The lowest BCUT2D eigenvalue weighted by molar-refractivity contribution is -0.385. The van der Waals surface area contributed by atoms with Crippen molar-refractivity contribution in [1.29, 1.82) is 0 Å². The molecule has 8 nitrogen and oxygen atoms in total. The smallest absolute Gasteiger partial charge is 0.273 e. The number of benzene rings is 2. The average Bonchev–Trinajstić information content (AvgIpc) is 2.51. The summed E-state index contributed by atoms with van der Waals surface area (Å²) >= 11 is 3.01. The molecule has 0 heterocycles. The monoisotopic (exact) mass is 378 g/mol. The van der Waals surface area contributed by atoms with Crippen molar-refractivity contribution in [2.45, 2.75) is 0 Å². The zero-order valence-electron chi connectivity index (χ0n) is 11.6. The van der Waals surface area contributed by atoms with Gasteiger partial charge in [-0.25, -0.2) is 5.43 Å². The van der Waals surface area contributed by atoms with Crippen LogP contribution in [0.5, 0.6) is 5.75 Å². The number of phenolic OH excluding ortho intramolecular Hbond substituents is 1. The van der Waals surface area contributed by atoms with E-state index in [9.17, 15) is 20.0 Å². The molecule has 23 heavy (non-hydrogen) atoms. The first-order valence-electron chi connectivity index (χ1n) is 6.25. The Balaban J connectivity index is 2.19. The van der Waals surface area contributed by atoms with Gasteiger partial charge in [0.15, 0.2) is 0 Å². The maximum atomic E-state index is 11.9. The van der Waals surface area contributed by atoms with E-state index in [2.05, 4.69) is 26.5 Å². The fourth-order valence-corrected chi connectivity index (χ4v) is 2.20. The number of rotatable bonds is 4. The van der Waals surface area contributed by atoms with E-state index in [1.165, 1.54) is 6.07 Å². The number of nitrogen functional groups attached to an aromatic ring is 1. The third kappa shape index (κ3) is 3.83. The second-order valence-electron chi connectivity index (χ2n) is 4.41. The molecule has 0 spiro atoms. The molecule has 0 aliphatic heterocycles. The van der Waals surface area contributed by atoms with E-state index in [0.29, 0.717) is 5.69 Å². The normalized spacial score (nSPS) is 10.7. The van der Waals surface area contributed by atoms with Gasteiger partial charge in [0.25, 0.3) is 11.6 Å². The highest BCUT2D eigenvalue weighted by Crippen LogP contribution is 2.31. The Kier molecular flexibility index (Phi) is 4.91. The first-order chi connectivity index (χ1) is 10.9. The van der Waals surface area contributed by atoms with E-state index >= 15 is 0 Å². The molecule has 0 unspecified atom stereocenters. The standard InChI is InChI=1S/C14H11BrN4O4/c15-11-6-9(19(22)23)5-8(13(11)20)7-17-18-14(21)10-3-1-2-4-12(10)16/h1-7,20H,16H2,(H,18,21)/b17-7-. The van der Waals surface area contributed by atoms with Crippen LogP contribution in [0.2, 0.25) is 0 Å².